The molecule has 2 nitrogen and oxygen atoms in total. The van der Waals surface area contributed by atoms with Crippen LogP contribution in [0.15, 0.2) is 97.1 Å². The monoisotopic (exact) mass is 454 g/mol. The Hall–Kier alpha value is -4.06. The fourth-order valence-electron chi connectivity index (χ4n) is 5.92. The molecule has 0 saturated heterocycles. The largest absolute Gasteiger partial charge is 0.354 e. The summed E-state index contributed by atoms with van der Waals surface area (Å²) in [6.07, 6.45) is 0. The van der Waals surface area contributed by atoms with Crippen LogP contribution in [0.2, 0.25) is 5.02 Å². The first-order valence-corrected chi connectivity index (χ1v) is 11.8. The van der Waals surface area contributed by atoms with Crippen molar-refractivity contribution in [2.45, 2.75) is 11.8 Å². The van der Waals surface area contributed by atoms with E-state index >= 15 is 0 Å². The average molecular weight is 455 g/mol. The van der Waals surface area contributed by atoms with Crippen LogP contribution in [0, 0.1) is 11.3 Å². The molecule has 34 heavy (non-hydrogen) atoms. The standard InChI is InChI=1S/C31H19ClN2/c32-31-26(34-21-14-13-18-7-1-2-8-19(18)15-21)16-20(17-33)27-28-22-9-3-5-11-24(22)29(30(27)31)25-12-6-4-10-23(25)28/h1-16,28-29,34H. The summed E-state index contributed by atoms with van der Waals surface area (Å²) in [4.78, 5) is 0. The lowest BCUT2D eigenvalue weighted by molar-refractivity contribution is 0.752. The SMILES string of the molecule is N#Cc1cc(Nc2ccc3ccccc3c2)c(Cl)c2c1C1c3ccccc3C2c2ccccc21. The Balaban J connectivity index is 1.45. The molecule has 1 N–H and O–H groups in total. The number of rotatable bonds is 2. The zero-order valence-corrected chi connectivity index (χ0v) is 19.0. The van der Waals surface area contributed by atoms with E-state index in [0.29, 0.717) is 10.6 Å². The topological polar surface area (TPSA) is 35.8 Å². The van der Waals surface area contributed by atoms with Gasteiger partial charge in [0, 0.05) is 17.5 Å². The zero-order valence-electron chi connectivity index (χ0n) is 18.2. The Kier molecular flexibility index (Phi) is 4.12. The summed E-state index contributed by atoms with van der Waals surface area (Å²) in [5.74, 6) is 0.0413. The van der Waals surface area contributed by atoms with E-state index in [0.717, 1.165) is 27.9 Å². The minimum atomic E-state index is 0.0188. The van der Waals surface area contributed by atoms with Crippen LogP contribution in [-0.2, 0) is 0 Å². The van der Waals surface area contributed by atoms with E-state index in [1.807, 2.05) is 18.2 Å². The number of fused-ring (bicyclic) bond motifs is 1. The summed E-state index contributed by atoms with van der Waals surface area (Å²) in [5.41, 5.74) is 9.65. The molecular formula is C31H19ClN2. The van der Waals surface area contributed by atoms with Crippen LogP contribution in [0.3, 0.4) is 0 Å². The van der Waals surface area contributed by atoms with Crippen molar-refractivity contribution in [3.63, 3.8) is 0 Å². The molecule has 160 valence electrons. The van der Waals surface area contributed by atoms with Gasteiger partial charge in [0.1, 0.15) is 0 Å². The summed E-state index contributed by atoms with van der Waals surface area (Å²) in [6.45, 7) is 0. The minimum Gasteiger partial charge on any atom is -0.354 e. The highest BCUT2D eigenvalue weighted by atomic mass is 35.5. The van der Waals surface area contributed by atoms with Crippen LogP contribution in [0.25, 0.3) is 10.8 Å². The maximum atomic E-state index is 10.2. The number of nitrogens with one attached hydrogen (secondary N) is 1. The third-order valence-electron chi connectivity index (χ3n) is 7.30. The molecule has 2 bridgehead atoms. The fourth-order valence-corrected chi connectivity index (χ4v) is 6.24. The van der Waals surface area contributed by atoms with Crippen molar-refractivity contribution in [1.29, 1.82) is 5.26 Å². The van der Waals surface area contributed by atoms with E-state index in [9.17, 15) is 5.26 Å². The smallest absolute Gasteiger partial charge is 0.0995 e. The first-order valence-electron chi connectivity index (χ1n) is 11.4. The van der Waals surface area contributed by atoms with E-state index in [1.165, 1.54) is 27.6 Å². The number of hydrogen-bond donors (Lipinski definition) is 1. The van der Waals surface area contributed by atoms with Crippen LogP contribution in [0.4, 0.5) is 11.4 Å². The van der Waals surface area contributed by atoms with Crippen molar-refractivity contribution < 1.29 is 0 Å². The van der Waals surface area contributed by atoms with Gasteiger partial charge in [-0.15, -0.1) is 0 Å². The Morgan fingerprint density at radius 2 is 1.21 bits per heavy atom. The number of hydrogen-bond acceptors (Lipinski definition) is 2. The summed E-state index contributed by atoms with van der Waals surface area (Å²) in [7, 11) is 0. The first-order chi connectivity index (χ1) is 16.7. The predicted octanol–water partition coefficient (Wildman–Crippen LogP) is 8.10. The number of benzene rings is 5. The molecule has 0 spiro atoms. The lowest BCUT2D eigenvalue weighted by Gasteiger charge is -2.43. The van der Waals surface area contributed by atoms with Crippen molar-refractivity contribution in [2.75, 3.05) is 5.32 Å². The Morgan fingerprint density at radius 3 is 1.82 bits per heavy atom. The van der Waals surface area contributed by atoms with Gasteiger partial charge in [0.2, 0.25) is 0 Å². The van der Waals surface area contributed by atoms with Crippen molar-refractivity contribution in [3.8, 4) is 6.07 Å². The van der Waals surface area contributed by atoms with E-state index in [1.54, 1.807) is 0 Å². The highest BCUT2D eigenvalue weighted by molar-refractivity contribution is 6.34. The fraction of sp³-hybridized carbons (Fsp3) is 0.0645. The normalized spacial score (nSPS) is 16.9. The molecule has 0 amide bonds. The van der Waals surface area contributed by atoms with Gasteiger partial charge >= 0.3 is 0 Å². The molecule has 0 atom stereocenters. The Bertz CT molecular complexity index is 1630. The molecule has 5 aromatic carbocycles. The second-order valence-electron chi connectivity index (χ2n) is 9.04. The zero-order chi connectivity index (χ0) is 22.8. The van der Waals surface area contributed by atoms with Crippen LogP contribution >= 0.6 is 11.6 Å². The van der Waals surface area contributed by atoms with Crippen molar-refractivity contribution in [3.05, 3.63) is 141 Å². The first kappa shape index (κ1) is 19.4. The second kappa shape index (κ2) is 7.22. The third-order valence-corrected chi connectivity index (χ3v) is 7.71. The molecule has 0 radical (unpaired) electrons. The number of nitrogens with zero attached hydrogens (tertiary/aromatic N) is 1. The van der Waals surface area contributed by atoms with Gasteiger partial charge in [-0.25, -0.2) is 0 Å². The molecule has 0 fully saturated rings. The van der Waals surface area contributed by atoms with E-state index in [2.05, 4.69) is 90.2 Å². The number of nitriles is 1. The number of halogens is 1. The molecule has 3 aliphatic carbocycles. The maximum Gasteiger partial charge on any atom is 0.0995 e. The average Bonchev–Trinajstić information content (AvgIpc) is 2.90. The minimum absolute atomic E-state index is 0.0188. The van der Waals surface area contributed by atoms with E-state index in [4.69, 9.17) is 11.6 Å². The summed E-state index contributed by atoms with van der Waals surface area (Å²) in [5, 5.41) is 16.8. The van der Waals surface area contributed by atoms with Crippen LogP contribution in [0.1, 0.15) is 50.8 Å². The summed E-state index contributed by atoms with van der Waals surface area (Å²) in [6, 6.07) is 36.1. The van der Waals surface area contributed by atoms with Gasteiger partial charge in [0.05, 0.1) is 22.3 Å². The lowest BCUT2D eigenvalue weighted by Crippen LogP contribution is -2.29. The molecule has 0 heterocycles. The summed E-state index contributed by atoms with van der Waals surface area (Å²) >= 11 is 7.18. The van der Waals surface area contributed by atoms with Crippen molar-refractivity contribution in [2.24, 2.45) is 0 Å². The van der Waals surface area contributed by atoms with Crippen molar-refractivity contribution in [1.82, 2.24) is 0 Å². The van der Waals surface area contributed by atoms with E-state index in [-0.39, 0.29) is 11.8 Å². The van der Waals surface area contributed by atoms with Gasteiger partial charge in [0.15, 0.2) is 0 Å². The highest BCUT2D eigenvalue weighted by Crippen LogP contribution is 2.59. The predicted molar refractivity (Wildman–Crippen MR) is 138 cm³/mol. The molecule has 0 aromatic heterocycles. The van der Waals surface area contributed by atoms with E-state index < -0.39 is 0 Å². The Labute approximate surface area is 203 Å². The quantitative estimate of drug-likeness (QED) is 0.286. The molecular weight excluding hydrogens is 436 g/mol. The molecule has 5 aromatic rings. The molecule has 0 aliphatic heterocycles. The number of anilines is 2. The van der Waals surface area contributed by atoms with Gasteiger partial charge in [-0.2, -0.15) is 5.26 Å². The Morgan fingerprint density at radius 1 is 0.647 bits per heavy atom. The van der Waals surface area contributed by atoms with Crippen LogP contribution in [0.5, 0.6) is 0 Å². The van der Waals surface area contributed by atoms with Gasteiger partial charge in [-0.05, 0) is 62.4 Å². The third kappa shape index (κ3) is 2.62. The van der Waals surface area contributed by atoms with Crippen LogP contribution in [-0.4, -0.2) is 0 Å². The molecule has 8 rings (SSSR count). The second-order valence-corrected chi connectivity index (χ2v) is 9.41. The van der Waals surface area contributed by atoms with Gasteiger partial charge in [-0.3, -0.25) is 0 Å². The van der Waals surface area contributed by atoms with Gasteiger partial charge in [-0.1, -0.05) is 90.5 Å². The highest BCUT2D eigenvalue weighted by Gasteiger charge is 2.44. The molecule has 0 unspecified atom stereocenters. The van der Waals surface area contributed by atoms with Crippen molar-refractivity contribution >= 4 is 33.7 Å². The molecule has 3 aliphatic rings. The lowest BCUT2D eigenvalue weighted by atomic mass is 9.60. The van der Waals surface area contributed by atoms with Gasteiger partial charge < -0.3 is 5.32 Å². The summed E-state index contributed by atoms with van der Waals surface area (Å²) < 4.78 is 0. The van der Waals surface area contributed by atoms with Crippen LogP contribution < -0.4 is 5.32 Å². The molecule has 0 saturated carbocycles. The maximum absolute atomic E-state index is 10.2. The van der Waals surface area contributed by atoms with Gasteiger partial charge in [0.25, 0.3) is 0 Å². The molecule has 3 heteroatoms.